The summed E-state index contributed by atoms with van der Waals surface area (Å²) in [6.07, 6.45) is 5.74. The molecule has 0 N–H and O–H groups in total. The second-order valence-corrected chi connectivity index (χ2v) is 5.85. The summed E-state index contributed by atoms with van der Waals surface area (Å²) in [5.41, 5.74) is 0.533. The maximum atomic E-state index is 12.0. The van der Waals surface area contributed by atoms with Crippen molar-refractivity contribution in [2.75, 3.05) is 0 Å². The molecule has 1 aliphatic rings. The van der Waals surface area contributed by atoms with E-state index in [1.807, 2.05) is 6.08 Å². The summed E-state index contributed by atoms with van der Waals surface area (Å²) in [6, 6.07) is 5.77. The molecule has 0 bridgehead atoms. The summed E-state index contributed by atoms with van der Waals surface area (Å²) >= 11 is 0. The van der Waals surface area contributed by atoms with Gasteiger partial charge in [0.25, 0.3) is 11.6 Å². The lowest BCUT2D eigenvalue weighted by molar-refractivity contribution is -0.384. The van der Waals surface area contributed by atoms with E-state index < -0.39 is 11.0 Å². The first kappa shape index (κ1) is 16.8. The number of nitrogens with zero attached hydrogens (tertiary/aromatic N) is 3. The molecule has 0 saturated heterocycles. The van der Waals surface area contributed by atoms with Crippen LogP contribution in [0.1, 0.15) is 38.2 Å². The van der Waals surface area contributed by atoms with Crippen molar-refractivity contribution in [3.05, 3.63) is 52.4 Å². The zero-order chi connectivity index (χ0) is 17.8. The number of aromatic nitrogens is 2. The van der Waals surface area contributed by atoms with E-state index in [-0.39, 0.29) is 29.4 Å². The van der Waals surface area contributed by atoms with Crippen molar-refractivity contribution < 1.29 is 18.9 Å². The molecular formula is C17H17N3O5. The van der Waals surface area contributed by atoms with Gasteiger partial charge in [0.15, 0.2) is 6.10 Å². The molecule has 8 heteroatoms. The molecule has 0 amide bonds. The van der Waals surface area contributed by atoms with E-state index in [1.165, 1.54) is 24.3 Å². The SMILES string of the molecule is C[C@H](OC(=O)C[C@H]1C=CCC1)c1nnc(-c2ccc([N+](=O)[O-])cc2)o1. The molecule has 0 spiro atoms. The van der Waals surface area contributed by atoms with Gasteiger partial charge in [-0.2, -0.15) is 0 Å². The largest absolute Gasteiger partial charge is 0.453 e. The Morgan fingerprint density at radius 1 is 1.40 bits per heavy atom. The van der Waals surface area contributed by atoms with Gasteiger partial charge in [-0.15, -0.1) is 10.2 Å². The highest BCUT2D eigenvalue weighted by Crippen LogP contribution is 2.26. The highest BCUT2D eigenvalue weighted by Gasteiger charge is 2.21. The minimum Gasteiger partial charge on any atom is -0.453 e. The van der Waals surface area contributed by atoms with E-state index in [1.54, 1.807) is 6.92 Å². The normalized spacial score (nSPS) is 17.4. The number of hydrogen-bond acceptors (Lipinski definition) is 7. The Kier molecular flexibility index (Phi) is 4.87. The third kappa shape index (κ3) is 4.09. The van der Waals surface area contributed by atoms with Crippen LogP contribution in [-0.4, -0.2) is 21.1 Å². The van der Waals surface area contributed by atoms with Gasteiger partial charge in [0.1, 0.15) is 0 Å². The van der Waals surface area contributed by atoms with Crippen LogP contribution >= 0.6 is 0 Å². The smallest absolute Gasteiger partial charge is 0.307 e. The highest BCUT2D eigenvalue weighted by molar-refractivity contribution is 5.70. The number of ether oxygens (including phenoxy) is 1. The van der Waals surface area contributed by atoms with Crippen LogP contribution in [0.4, 0.5) is 5.69 Å². The number of nitro groups is 1. The predicted molar refractivity (Wildman–Crippen MR) is 87.4 cm³/mol. The van der Waals surface area contributed by atoms with Crippen LogP contribution < -0.4 is 0 Å². The molecular weight excluding hydrogens is 326 g/mol. The van der Waals surface area contributed by atoms with E-state index in [0.29, 0.717) is 12.0 Å². The van der Waals surface area contributed by atoms with E-state index in [9.17, 15) is 14.9 Å². The Morgan fingerprint density at radius 3 is 2.80 bits per heavy atom. The fourth-order valence-electron chi connectivity index (χ4n) is 2.62. The molecule has 1 heterocycles. The van der Waals surface area contributed by atoms with Gasteiger partial charge in [-0.05, 0) is 37.8 Å². The van der Waals surface area contributed by atoms with E-state index in [4.69, 9.17) is 9.15 Å². The van der Waals surface area contributed by atoms with Crippen LogP contribution in [0.5, 0.6) is 0 Å². The average Bonchev–Trinajstić information content (AvgIpc) is 3.26. The Bertz CT molecular complexity index is 797. The van der Waals surface area contributed by atoms with E-state index >= 15 is 0 Å². The third-order valence-corrected chi connectivity index (χ3v) is 3.96. The summed E-state index contributed by atoms with van der Waals surface area (Å²) in [6.45, 7) is 1.66. The molecule has 1 aromatic heterocycles. The first-order chi connectivity index (χ1) is 12.0. The number of esters is 1. The fraction of sp³-hybridized carbons (Fsp3) is 0.353. The molecule has 0 unspecified atom stereocenters. The zero-order valence-corrected chi connectivity index (χ0v) is 13.6. The van der Waals surface area contributed by atoms with Crippen molar-refractivity contribution >= 4 is 11.7 Å². The number of non-ortho nitro benzene ring substituents is 1. The van der Waals surface area contributed by atoms with Gasteiger partial charge in [0.05, 0.1) is 11.3 Å². The van der Waals surface area contributed by atoms with Crippen molar-refractivity contribution in [2.24, 2.45) is 5.92 Å². The first-order valence-electron chi connectivity index (χ1n) is 7.97. The predicted octanol–water partition coefficient (Wildman–Crippen LogP) is 3.61. The molecule has 2 aromatic rings. The van der Waals surface area contributed by atoms with Gasteiger partial charge in [0, 0.05) is 17.7 Å². The second kappa shape index (κ2) is 7.25. The van der Waals surface area contributed by atoms with E-state index in [2.05, 4.69) is 16.3 Å². The molecule has 3 rings (SSSR count). The Balaban J connectivity index is 1.62. The molecule has 2 atom stereocenters. The van der Waals surface area contributed by atoms with Crippen LogP contribution in [0.25, 0.3) is 11.5 Å². The molecule has 0 fully saturated rings. The molecule has 25 heavy (non-hydrogen) atoms. The standard InChI is InChI=1S/C17H17N3O5/c1-11(24-15(21)10-12-4-2-3-5-12)16-18-19-17(25-16)13-6-8-14(9-7-13)20(22)23/h2,4,6-9,11-12H,3,5,10H2,1H3/t11-,12-/m0/s1. The van der Waals surface area contributed by atoms with Gasteiger partial charge in [-0.25, -0.2) is 0 Å². The Hall–Kier alpha value is -3.03. The second-order valence-electron chi connectivity index (χ2n) is 5.85. The van der Waals surface area contributed by atoms with Gasteiger partial charge in [0.2, 0.25) is 5.89 Å². The van der Waals surface area contributed by atoms with Crippen molar-refractivity contribution in [2.45, 2.75) is 32.3 Å². The topological polar surface area (TPSA) is 108 Å². The number of rotatable bonds is 6. The minimum atomic E-state index is -0.655. The lowest BCUT2D eigenvalue weighted by atomic mass is 10.1. The summed E-state index contributed by atoms with van der Waals surface area (Å²) < 4.78 is 10.9. The maximum Gasteiger partial charge on any atom is 0.307 e. The van der Waals surface area contributed by atoms with Gasteiger partial charge in [-0.1, -0.05) is 12.2 Å². The van der Waals surface area contributed by atoms with Crippen LogP contribution in [0.15, 0.2) is 40.8 Å². The molecule has 1 aliphatic carbocycles. The number of benzene rings is 1. The Morgan fingerprint density at radius 2 is 2.16 bits per heavy atom. The number of hydrogen-bond donors (Lipinski definition) is 0. The van der Waals surface area contributed by atoms with Gasteiger partial charge in [-0.3, -0.25) is 14.9 Å². The van der Waals surface area contributed by atoms with Gasteiger partial charge < -0.3 is 9.15 Å². The van der Waals surface area contributed by atoms with E-state index in [0.717, 1.165) is 12.8 Å². The average molecular weight is 343 g/mol. The summed E-state index contributed by atoms with van der Waals surface area (Å²) in [5.74, 6) is 0.326. The summed E-state index contributed by atoms with van der Waals surface area (Å²) in [4.78, 5) is 22.1. The molecule has 130 valence electrons. The van der Waals surface area contributed by atoms with Crippen LogP contribution in [0.3, 0.4) is 0 Å². The monoisotopic (exact) mass is 343 g/mol. The van der Waals surface area contributed by atoms with Crippen LogP contribution in [-0.2, 0) is 9.53 Å². The molecule has 8 nitrogen and oxygen atoms in total. The molecule has 0 aliphatic heterocycles. The number of carbonyl (C=O) groups is 1. The van der Waals surface area contributed by atoms with Crippen molar-refractivity contribution in [1.29, 1.82) is 0 Å². The minimum absolute atomic E-state index is 0.0215. The van der Waals surface area contributed by atoms with Crippen molar-refractivity contribution in [1.82, 2.24) is 10.2 Å². The third-order valence-electron chi connectivity index (χ3n) is 3.96. The maximum absolute atomic E-state index is 12.0. The lowest BCUT2D eigenvalue weighted by Crippen LogP contribution is -2.12. The molecule has 0 saturated carbocycles. The fourth-order valence-corrected chi connectivity index (χ4v) is 2.62. The Labute approximate surface area is 143 Å². The highest BCUT2D eigenvalue weighted by atomic mass is 16.6. The quantitative estimate of drug-likeness (QED) is 0.341. The van der Waals surface area contributed by atoms with Gasteiger partial charge >= 0.3 is 5.97 Å². The van der Waals surface area contributed by atoms with Crippen LogP contribution in [0.2, 0.25) is 0 Å². The van der Waals surface area contributed by atoms with Crippen LogP contribution in [0, 0.1) is 16.0 Å². The van der Waals surface area contributed by atoms with Crippen molar-refractivity contribution in [3.8, 4) is 11.5 Å². The zero-order valence-electron chi connectivity index (χ0n) is 13.6. The molecule has 1 aromatic carbocycles. The molecule has 0 radical (unpaired) electrons. The lowest BCUT2D eigenvalue weighted by Gasteiger charge is -2.11. The summed E-state index contributed by atoms with van der Waals surface area (Å²) in [7, 11) is 0. The number of allylic oxidation sites excluding steroid dienone is 2. The first-order valence-corrected chi connectivity index (χ1v) is 7.97. The van der Waals surface area contributed by atoms with Crippen molar-refractivity contribution in [3.63, 3.8) is 0 Å². The number of nitro benzene ring substituents is 1. The number of carbonyl (C=O) groups excluding carboxylic acids is 1. The summed E-state index contributed by atoms with van der Waals surface area (Å²) in [5, 5.41) is 18.5.